The van der Waals surface area contributed by atoms with Gasteiger partial charge in [0.15, 0.2) is 9.34 Å². The van der Waals surface area contributed by atoms with Crippen LogP contribution < -0.4 is 4.72 Å². The molecule has 21 heavy (non-hydrogen) atoms. The number of carboxylic acids is 1. The molecule has 0 fully saturated rings. The van der Waals surface area contributed by atoms with Gasteiger partial charge in [0.05, 0.1) is 5.69 Å². The topological polar surface area (TPSA) is 96.4 Å². The lowest BCUT2D eigenvalue weighted by atomic mass is 10.2. The number of rotatable bonds is 7. The number of aliphatic carboxylic acids is 1. The van der Waals surface area contributed by atoms with Crippen molar-refractivity contribution in [2.24, 2.45) is 0 Å². The number of aryl methyl sites for hydroxylation is 1. The van der Waals surface area contributed by atoms with E-state index in [9.17, 15) is 13.2 Å². The van der Waals surface area contributed by atoms with Crippen molar-refractivity contribution in [1.82, 2.24) is 4.98 Å². The third-order valence-corrected chi connectivity index (χ3v) is 7.37. The molecule has 2 aromatic rings. The van der Waals surface area contributed by atoms with Crippen molar-refractivity contribution in [2.45, 2.75) is 23.5 Å². The molecule has 2 rings (SSSR count). The molecular weight excluding hydrogens is 400 g/mol. The van der Waals surface area contributed by atoms with Crippen LogP contribution >= 0.6 is 38.6 Å². The van der Waals surface area contributed by atoms with Gasteiger partial charge in [-0.2, -0.15) is 0 Å². The predicted octanol–water partition coefficient (Wildman–Crippen LogP) is 3.18. The SMILES string of the molecule is O=C(O)CCCc1csc(NS(=O)(=O)c2sccc2Br)n1. The van der Waals surface area contributed by atoms with Crippen molar-refractivity contribution < 1.29 is 18.3 Å². The number of thiazole rings is 1. The minimum absolute atomic E-state index is 0.0702. The fourth-order valence-corrected chi connectivity index (χ4v) is 5.86. The van der Waals surface area contributed by atoms with Crippen LogP contribution in [0, 0.1) is 0 Å². The summed E-state index contributed by atoms with van der Waals surface area (Å²) in [5.41, 5.74) is 0.684. The summed E-state index contributed by atoms with van der Waals surface area (Å²) in [6.45, 7) is 0. The zero-order valence-corrected chi connectivity index (χ0v) is 14.6. The molecule has 2 N–H and O–H groups in total. The monoisotopic (exact) mass is 410 g/mol. The fourth-order valence-electron chi connectivity index (χ4n) is 1.52. The number of nitrogens with one attached hydrogen (secondary N) is 1. The molecule has 0 unspecified atom stereocenters. The molecule has 0 aliphatic rings. The predicted molar refractivity (Wildman–Crippen MR) is 85.5 cm³/mol. The van der Waals surface area contributed by atoms with Crippen LogP contribution in [0.5, 0.6) is 0 Å². The first kappa shape index (κ1) is 16.4. The lowest BCUT2D eigenvalue weighted by Gasteiger charge is -2.02. The normalized spacial score (nSPS) is 11.5. The van der Waals surface area contributed by atoms with Crippen LogP contribution in [0.2, 0.25) is 0 Å². The second-order valence-corrected chi connectivity index (χ2v) is 8.56. The van der Waals surface area contributed by atoms with E-state index in [-0.39, 0.29) is 15.8 Å². The molecule has 2 aromatic heterocycles. The Kier molecular flexibility index (Phi) is 5.36. The van der Waals surface area contributed by atoms with E-state index in [2.05, 4.69) is 25.6 Å². The lowest BCUT2D eigenvalue weighted by molar-refractivity contribution is -0.137. The van der Waals surface area contributed by atoms with E-state index in [0.29, 0.717) is 23.0 Å². The number of hydrogen-bond donors (Lipinski definition) is 2. The van der Waals surface area contributed by atoms with Crippen molar-refractivity contribution in [3.63, 3.8) is 0 Å². The Morgan fingerprint density at radius 2 is 2.19 bits per heavy atom. The van der Waals surface area contributed by atoms with Gasteiger partial charge in [-0.05, 0) is 40.2 Å². The van der Waals surface area contributed by atoms with Crippen LogP contribution in [0.3, 0.4) is 0 Å². The van der Waals surface area contributed by atoms with E-state index in [1.807, 2.05) is 0 Å². The number of carbonyl (C=O) groups is 1. The van der Waals surface area contributed by atoms with Crippen LogP contribution in [-0.4, -0.2) is 24.5 Å². The van der Waals surface area contributed by atoms with Gasteiger partial charge in [-0.15, -0.1) is 22.7 Å². The van der Waals surface area contributed by atoms with E-state index < -0.39 is 16.0 Å². The first-order valence-corrected chi connectivity index (χ1v) is 9.84. The molecule has 0 amide bonds. The van der Waals surface area contributed by atoms with Crippen molar-refractivity contribution in [3.05, 3.63) is 27.0 Å². The smallest absolute Gasteiger partial charge is 0.303 e. The molecule has 2 heterocycles. The van der Waals surface area contributed by atoms with E-state index >= 15 is 0 Å². The standard InChI is InChI=1S/C11H11BrN2O4S3/c12-8-4-5-19-10(8)21(17,18)14-11-13-7(6-20-11)2-1-3-9(15)16/h4-6H,1-3H2,(H,13,14)(H,15,16). The molecule has 114 valence electrons. The molecule has 10 heteroatoms. The minimum atomic E-state index is -3.65. The fraction of sp³-hybridized carbons (Fsp3) is 0.273. The summed E-state index contributed by atoms with van der Waals surface area (Å²) in [4.78, 5) is 14.6. The van der Waals surface area contributed by atoms with Gasteiger partial charge in [-0.25, -0.2) is 13.4 Å². The third-order valence-electron chi connectivity index (χ3n) is 2.43. The third kappa shape index (κ3) is 4.50. The Balaban J connectivity index is 2.02. The summed E-state index contributed by atoms with van der Waals surface area (Å²) < 4.78 is 27.4. The quantitative estimate of drug-likeness (QED) is 0.730. The maximum absolute atomic E-state index is 12.2. The van der Waals surface area contributed by atoms with Gasteiger partial charge in [0.25, 0.3) is 10.0 Å². The Morgan fingerprint density at radius 3 is 2.81 bits per heavy atom. The molecule has 0 bridgehead atoms. The number of sulfonamides is 1. The summed E-state index contributed by atoms with van der Waals surface area (Å²) in [5.74, 6) is -0.853. The summed E-state index contributed by atoms with van der Waals surface area (Å²) in [5, 5.41) is 12.3. The second-order valence-electron chi connectivity index (χ2n) is 4.05. The summed E-state index contributed by atoms with van der Waals surface area (Å²) >= 11 is 5.48. The summed E-state index contributed by atoms with van der Waals surface area (Å²) in [7, 11) is -3.65. The Bertz CT molecular complexity index is 738. The number of halogens is 1. The Labute approximate surface area is 138 Å². The van der Waals surface area contributed by atoms with E-state index in [4.69, 9.17) is 5.11 Å². The van der Waals surface area contributed by atoms with Crippen LogP contribution in [0.15, 0.2) is 25.5 Å². The highest BCUT2D eigenvalue weighted by Crippen LogP contribution is 2.30. The first-order valence-electron chi connectivity index (χ1n) is 5.80. The summed E-state index contributed by atoms with van der Waals surface area (Å²) in [6.07, 6.45) is 1.05. The van der Waals surface area contributed by atoms with Crippen LogP contribution in [0.1, 0.15) is 18.5 Å². The van der Waals surface area contributed by atoms with Gasteiger partial charge in [0.1, 0.15) is 0 Å². The molecule has 0 saturated carbocycles. The van der Waals surface area contributed by atoms with Gasteiger partial charge in [-0.1, -0.05) is 0 Å². The summed E-state index contributed by atoms with van der Waals surface area (Å²) in [6, 6.07) is 1.67. The van der Waals surface area contributed by atoms with Gasteiger partial charge in [-0.3, -0.25) is 9.52 Å². The van der Waals surface area contributed by atoms with Crippen molar-refractivity contribution in [3.8, 4) is 0 Å². The van der Waals surface area contributed by atoms with Crippen LogP contribution in [-0.2, 0) is 21.2 Å². The van der Waals surface area contributed by atoms with Gasteiger partial charge >= 0.3 is 5.97 Å². The van der Waals surface area contributed by atoms with E-state index in [0.717, 1.165) is 11.3 Å². The molecular formula is C11H11BrN2O4S3. The molecule has 0 aliphatic carbocycles. The first-order chi connectivity index (χ1) is 9.88. The number of anilines is 1. The van der Waals surface area contributed by atoms with E-state index in [1.54, 1.807) is 16.8 Å². The van der Waals surface area contributed by atoms with Gasteiger partial charge in [0.2, 0.25) is 0 Å². The average Bonchev–Trinajstić information content (AvgIpc) is 2.98. The van der Waals surface area contributed by atoms with Crippen molar-refractivity contribution >= 4 is 59.7 Å². The molecule has 0 aromatic carbocycles. The molecule has 0 radical (unpaired) electrons. The van der Waals surface area contributed by atoms with Crippen molar-refractivity contribution in [2.75, 3.05) is 4.72 Å². The largest absolute Gasteiger partial charge is 0.481 e. The lowest BCUT2D eigenvalue weighted by Crippen LogP contribution is -2.11. The molecule has 0 saturated heterocycles. The highest BCUT2D eigenvalue weighted by atomic mass is 79.9. The highest BCUT2D eigenvalue weighted by molar-refractivity contribution is 9.10. The minimum Gasteiger partial charge on any atom is -0.481 e. The molecule has 0 spiro atoms. The number of nitrogens with zero attached hydrogens (tertiary/aromatic N) is 1. The number of thiophene rings is 1. The van der Waals surface area contributed by atoms with Crippen molar-refractivity contribution in [1.29, 1.82) is 0 Å². The maximum atomic E-state index is 12.2. The van der Waals surface area contributed by atoms with Crippen LogP contribution in [0.25, 0.3) is 0 Å². The zero-order chi connectivity index (χ0) is 15.5. The number of carboxylic acid groups (broad SMARTS) is 1. The van der Waals surface area contributed by atoms with Gasteiger partial charge < -0.3 is 5.11 Å². The van der Waals surface area contributed by atoms with Crippen LogP contribution in [0.4, 0.5) is 5.13 Å². The van der Waals surface area contributed by atoms with E-state index in [1.165, 1.54) is 11.3 Å². The Hall–Kier alpha value is -0.970. The molecule has 0 atom stereocenters. The highest BCUT2D eigenvalue weighted by Gasteiger charge is 2.20. The zero-order valence-electron chi connectivity index (χ0n) is 10.6. The maximum Gasteiger partial charge on any atom is 0.303 e. The molecule has 0 aliphatic heterocycles. The number of hydrogen-bond acceptors (Lipinski definition) is 6. The Morgan fingerprint density at radius 1 is 1.43 bits per heavy atom. The molecule has 6 nitrogen and oxygen atoms in total. The number of aromatic nitrogens is 1. The second kappa shape index (κ2) is 6.86. The van der Waals surface area contributed by atoms with Gasteiger partial charge in [0, 0.05) is 16.3 Å². The average molecular weight is 411 g/mol.